The first kappa shape index (κ1) is 22.2. The molecular weight excluding hydrogens is 434 g/mol. The van der Waals surface area contributed by atoms with E-state index in [0.717, 1.165) is 10.8 Å². The Bertz CT molecular complexity index is 1380. The second kappa shape index (κ2) is 9.13. The van der Waals surface area contributed by atoms with E-state index in [4.69, 9.17) is 23.2 Å². The Morgan fingerprint density at radius 3 is 2.60 bits per heavy atom. The van der Waals surface area contributed by atoms with Crippen LogP contribution in [0.2, 0.25) is 10.0 Å². The molecule has 30 heavy (non-hydrogen) atoms. The number of fused-ring (bicyclic) bond motifs is 2. The molecule has 0 atom stereocenters. The summed E-state index contributed by atoms with van der Waals surface area (Å²) < 4.78 is 0. The molecule has 0 aliphatic carbocycles. The van der Waals surface area contributed by atoms with Crippen LogP contribution in [-0.2, 0) is 0 Å². The van der Waals surface area contributed by atoms with E-state index in [-0.39, 0.29) is 45.8 Å². The van der Waals surface area contributed by atoms with E-state index >= 15 is 0 Å². The number of hydrogen-bond donors (Lipinski definition) is 2. The Balaban J connectivity index is 0.00000256. The van der Waals surface area contributed by atoms with Gasteiger partial charge in [0, 0.05) is 21.7 Å². The summed E-state index contributed by atoms with van der Waals surface area (Å²) in [6, 6.07) is 16.0. The van der Waals surface area contributed by atoms with Crippen molar-refractivity contribution in [2.45, 2.75) is 0 Å². The maximum absolute atomic E-state index is 12.4. The van der Waals surface area contributed by atoms with Crippen LogP contribution in [0.4, 0.5) is 5.69 Å². The number of benzene rings is 3. The molecule has 0 unspecified atom stereocenters. The summed E-state index contributed by atoms with van der Waals surface area (Å²) >= 11 is 12.2. The van der Waals surface area contributed by atoms with Gasteiger partial charge in [-0.25, -0.2) is 4.79 Å². The van der Waals surface area contributed by atoms with E-state index in [1.54, 1.807) is 18.2 Å². The molecule has 142 valence electrons. The van der Waals surface area contributed by atoms with Gasteiger partial charge < -0.3 is 15.2 Å². The van der Waals surface area contributed by atoms with Crippen molar-refractivity contribution in [3.8, 4) is 11.8 Å². The molecular formula is C22H11Cl2N2NaO3. The maximum Gasteiger partial charge on any atom is 1.00 e. The van der Waals surface area contributed by atoms with Gasteiger partial charge in [-0.15, -0.1) is 0 Å². The fraction of sp³-hybridized carbons (Fsp3) is 0. The molecule has 0 bridgehead atoms. The van der Waals surface area contributed by atoms with Crippen molar-refractivity contribution in [3.05, 3.63) is 75.9 Å². The molecule has 0 spiro atoms. The molecule has 0 radical (unpaired) electrons. The van der Waals surface area contributed by atoms with Crippen LogP contribution in [0.3, 0.4) is 0 Å². The standard InChI is InChI=1S/C22H12Cl2N2O3.Na/c23-13-10-16(24)20-15(21(22(28)29)26-18(20)11-13)8-9-19(27)25-17-7-3-5-12-4-1-2-6-14(12)17;/h1-7,10-11,26H,(H,25,27)(H,28,29);/q;+1/p-1. The maximum atomic E-state index is 12.4. The van der Waals surface area contributed by atoms with Crippen LogP contribution < -0.4 is 34.7 Å². The molecule has 5 nitrogen and oxygen atoms in total. The number of halogens is 2. The van der Waals surface area contributed by atoms with Crippen LogP contribution in [0.15, 0.2) is 59.6 Å². The van der Waals surface area contributed by atoms with Gasteiger partial charge in [0.1, 0.15) is 5.69 Å². The topological polar surface area (TPSA) is 88.5 Å². The Morgan fingerprint density at radius 1 is 1.10 bits per heavy atom. The van der Waals surface area contributed by atoms with E-state index in [1.807, 2.05) is 30.3 Å². The first-order valence-corrected chi connectivity index (χ1v) is 9.19. The molecule has 8 heteroatoms. The van der Waals surface area contributed by atoms with E-state index in [9.17, 15) is 15.0 Å². The molecule has 4 rings (SSSR count). The van der Waals surface area contributed by atoms with Gasteiger partial charge in [0.25, 0.3) is 0 Å². The Morgan fingerprint density at radius 2 is 1.83 bits per heavy atom. The first-order valence-electron chi connectivity index (χ1n) is 8.43. The minimum absolute atomic E-state index is 0. The summed E-state index contributed by atoms with van der Waals surface area (Å²) in [5.74, 6) is 3.09. The number of hydrogen-bond acceptors (Lipinski definition) is 3. The number of carboxylic acid groups (broad SMARTS) is 1. The smallest absolute Gasteiger partial charge is 0.852 e. The Hall–Kier alpha value is -2.46. The number of aromatic carboxylic acids is 1. The molecule has 1 aromatic heterocycles. The number of nitrogens with zero attached hydrogens (tertiary/aromatic N) is 1. The molecule has 3 aromatic carbocycles. The van der Waals surface area contributed by atoms with Gasteiger partial charge in [-0.3, -0.25) is 4.99 Å². The third-order valence-electron chi connectivity index (χ3n) is 4.31. The summed E-state index contributed by atoms with van der Waals surface area (Å²) in [5.41, 5.74) is 0.845. The zero-order chi connectivity index (χ0) is 20.5. The molecule has 0 saturated carbocycles. The number of rotatable bonds is 2. The van der Waals surface area contributed by atoms with Crippen molar-refractivity contribution >= 4 is 62.4 Å². The number of aromatic nitrogens is 1. The molecule has 1 heterocycles. The largest absolute Gasteiger partial charge is 1.00 e. The molecule has 0 amide bonds. The van der Waals surface area contributed by atoms with Gasteiger partial charge in [-0.1, -0.05) is 71.4 Å². The van der Waals surface area contributed by atoms with Crippen molar-refractivity contribution in [2.75, 3.05) is 0 Å². The molecule has 0 aliphatic heterocycles. The van der Waals surface area contributed by atoms with Gasteiger partial charge in [-0.2, -0.15) is 0 Å². The van der Waals surface area contributed by atoms with Crippen LogP contribution in [0, 0.1) is 11.8 Å². The zero-order valence-electron chi connectivity index (χ0n) is 15.7. The van der Waals surface area contributed by atoms with Gasteiger partial charge >= 0.3 is 35.5 Å². The summed E-state index contributed by atoms with van der Waals surface area (Å²) in [5, 5.41) is 24.6. The fourth-order valence-corrected chi connectivity index (χ4v) is 3.68. The fourth-order valence-electron chi connectivity index (χ4n) is 3.09. The molecule has 2 N–H and O–H groups in total. The predicted octanol–water partition coefficient (Wildman–Crippen LogP) is 1.77. The second-order valence-corrected chi connectivity index (χ2v) is 7.00. The SMILES string of the molecule is O=C(O)c1[nH]c2cc(Cl)cc(Cl)c2c1C#CC([O-])=Nc1cccc2ccccc12.[Na+]. The van der Waals surface area contributed by atoms with Crippen LogP contribution in [0.1, 0.15) is 16.1 Å². The normalized spacial score (nSPS) is 11.1. The molecule has 0 fully saturated rings. The van der Waals surface area contributed by atoms with Crippen molar-refractivity contribution < 1.29 is 44.6 Å². The van der Waals surface area contributed by atoms with Crippen LogP contribution in [0.25, 0.3) is 21.7 Å². The van der Waals surface area contributed by atoms with E-state index in [2.05, 4.69) is 21.8 Å². The summed E-state index contributed by atoms with van der Waals surface area (Å²) in [7, 11) is 0. The number of carbonyl (C=O) groups is 1. The number of carboxylic acids is 1. The van der Waals surface area contributed by atoms with Crippen molar-refractivity contribution in [2.24, 2.45) is 4.99 Å². The van der Waals surface area contributed by atoms with E-state index in [0.29, 0.717) is 21.6 Å². The first-order chi connectivity index (χ1) is 13.9. The van der Waals surface area contributed by atoms with Gasteiger partial charge in [-0.05, 0) is 23.6 Å². The molecule has 4 aromatic rings. The summed E-state index contributed by atoms with van der Waals surface area (Å²) in [6.07, 6.45) is 0. The monoisotopic (exact) mass is 444 g/mol. The zero-order valence-corrected chi connectivity index (χ0v) is 19.2. The van der Waals surface area contributed by atoms with Gasteiger partial charge in [0.15, 0.2) is 0 Å². The van der Waals surface area contributed by atoms with E-state index in [1.165, 1.54) is 6.07 Å². The summed E-state index contributed by atoms with van der Waals surface area (Å²) in [6.45, 7) is 0. The quantitative estimate of drug-likeness (QED) is 0.213. The van der Waals surface area contributed by atoms with Crippen molar-refractivity contribution in [1.82, 2.24) is 4.98 Å². The van der Waals surface area contributed by atoms with E-state index < -0.39 is 11.9 Å². The number of aliphatic imine (C=N–C) groups is 1. The minimum Gasteiger partial charge on any atom is -0.852 e. The molecule has 0 saturated heterocycles. The molecule has 0 aliphatic rings. The second-order valence-electron chi connectivity index (χ2n) is 6.16. The minimum atomic E-state index is -1.23. The van der Waals surface area contributed by atoms with Crippen LogP contribution >= 0.6 is 23.2 Å². The predicted molar refractivity (Wildman–Crippen MR) is 113 cm³/mol. The van der Waals surface area contributed by atoms with Gasteiger partial charge in [0.05, 0.1) is 21.8 Å². The Kier molecular flexibility index (Phi) is 6.77. The van der Waals surface area contributed by atoms with Crippen molar-refractivity contribution in [1.29, 1.82) is 0 Å². The van der Waals surface area contributed by atoms with Crippen molar-refractivity contribution in [3.63, 3.8) is 0 Å². The third kappa shape index (κ3) is 4.34. The average Bonchev–Trinajstić information content (AvgIpc) is 3.05. The number of aromatic amines is 1. The van der Waals surface area contributed by atoms with Crippen LogP contribution in [-0.4, -0.2) is 22.0 Å². The van der Waals surface area contributed by atoms with Crippen LogP contribution in [0.5, 0.6) is 0 Å². The number of nitrogens with one attached hydrogen (secondary N) is 1. The summed E-state index contributed by atoms with van der Waals surface area (Å²) in [4.78, 5) is 18.4. The third-order valence-corrected chi connectivity index (χ3v) is 4.83. The Labute approximate surface area is 203 Å². The average molecular weight is 445 g/mol. The number of H-pyrrole nitrogens is 1. The van der Waals surface area contributed by atoms with Gasteiger partial charge in [0.2, 0.25) is 0 Å².